The SMILES string of the molecule is O=C(O)c1cc(Sc2n[nH]c(=O)[nH]c2=O)ccc1Cl. The molecule has 3 N–H and O–H groups in total. The van der Waals surface area contributed by atoms with Gasteiger partial charge in [-0.15, -0.1) is 0 Å². The van der Waals surface area contributed by atoms with Crippen LogP contribution in [0.2, 0.25) is 5.02 Å². The van der Waals surface area contributed by atoms with Gasteiger partial charge in [0, 0.05) is 4.90 Å². The summed E-state index contributed by atoms with van der Waals surface area (Å²) in [4.78, 5) is 35.6. The Morgan fingerprint density at radius 2 is 2.11 bits per heavy atom. The van der Waals surface area contributed by atoms with E-state index in [2.05, 4.69) is 10.2 Å². The van der Waals surface area contributed by atoms with E-state index in [1.54, 1.807) is 6.07 Å². The van der Waals surface area contributed by atoms with E-state index >= 15 is 0 Å². The molecule has 0 aliphatic rings. The number of carboxylic acid groups (broad SMARTS) is 1. The van der Waals surface area contributed by atoms with Crippen molar-refractivity contribution in [2.75, 3.05) is 0 Å². The highest BCUT2D eigenvalue weighted by molar-refractivity contribution is 7.99. The standard InChI is InChI=1S/C10H6ClN3O4S/c11-6-2-1-4(3-5(6)9(16)17)19-8-7(15)12-10(18)14-13-8/h1-3H,(H,16,17)(H2,12,14,15,18). The first-order chi connectivity index (χ1) is 8.97. The number of nitrogens with one attached hydrogen (secondary N) is 2. The predicted octanol–water partition coefficient (Wildman–Crippen LogP) is 0.961. The number of halogens is 1. The summed E-state index contributed by atoms with van der Waals surface area (Å²) in [5, 5.41) is 14.7. The van der Waals surface area contributed by atoms with Crippen molar-refractivity contribution in [2.45, 2.75) is 9.92 Å². The van der Waals surface area contributed by atoms with Crippen LogP contribution in [0, 0.1) is 0 Å². The number of aromatic carboxylic acids is 1. The quantitative estimate of drug-likeness (QED) is 0.777. The Kier molecular flexibility index (Phi) is 3.72. The second-order valence-electron chi connectivity index (χ2n) is 3.36. The Hall–Kier alpha value is -2.06. The number of rotatable bonds is 3. The first-order valence-electron chi connectivity index (χ1n) is 4.87. The van der Waals surface area contributed by atoms with Crippen LogP contribution >= 0.6 is 23.4 Å². The first kappa shape index (κ1) is 13.4. The lowest BCUT2D eigenvalue weighted by Gasteiger charge is -2.02. The maximum Gasteiger partial charge on any atom is 0.342 e. The van der Waals surface area contributed by atoms with Crippen molar-refractivity contribution >= 4 is 29.3 Å². The summed E-state index contributed by atoms with van der Waals surface area (Å²) in [6.45, 7) is 0. The molecule has 1 heterocycles. The van der Waals surface area contributed by atoms with Crippen molar-refractivity contribution in [3.8, 4) is 0 Å². The number of aromatic nitrogens is 3. The molecule has 9 heteroatoms. The highest BCUT2D eigenvalue weighted by atomic mass is 35.5. The van der Waals surface area contributed by atoms with Gasteiger partial charge in [0.05, 0.1) is 10.6 Å². The van der Waals surface area contributed by atoms with Crippen molar-refractivity contribution in [2.24, 2.45) is 0 Å². The van der Waals surface area contributed by atoms with E-state index in [1.807, 2.05) is 4.98 Å². The van der Waals surface area contributed by atoms with Crippen LogP contribution in [0.25, 0.3) is 0 Å². The normalized spacial score (nSPS) is 10.4. The average Bonchev–Trinajstić information content (AvgIpc) is 2.34. The average molecular weight is 300 g/mol. The number of nitrogens with zero attached hydrogens (tertiary/aromatic N) is 1. The van der Waals surface area contributed by atoms with Gasteiger partial charge in [-0.3, -0.25) is 9.78 Å². The molecule has 1 aromatic carbocycles. The minimum atomic E-state index is -1.17. The Balaban J connectivity index is 2.39. The van der Waals surface area contributed by atoms with Gasteiger partial charge in [0.15, 0.2) is 5.03 Å². The summed E-state index contributed by atoms with van der Waals surface area (Å²) in [6, 6.07) is 4.28. The van der Waals surface area contributed by atoms with E-state index in [0.29, 0.717) is 4.90 Å². The van der Waals surface area contributed by atoms with Crippen molar-refractivity contribution in [1.29, 1.82) is 0 Å². The fraction of sp³-hybridized carbons (Fsp3) is 0. The van der Waals surface area contributed by atoms with E-state index in [-0.39, 0.29) is 15.6 Å². The topological polar surface area (TPSA) is 116 Å². The zero-order valence-corrected chi connectivity index (χ0v) is 10.7. The molecular weight excluding hydrogens is 294 g/mol. The second kappa shape index (κ2) is 5.29. The monoisotopic (exact) mass is 299 g/mol. The highest BCUT2D eigenvalue weighted by Crippen LogP contribution is 2.27. The lowest BCUT2D eigenvalue weighted by Crippen LogP contribution is -2.24. The van der Waals surface area contributed by atoms with Crippen LogP contribution in [0.15, 0.2) is 37.7 Å². The number of benzene rings is 1. The number of carbonyl (C=O) groups is 1. The molecule has 0 saturated heterocycles. The van der Waals surface area contributed by atoms with Crippen molar-refractivity contribution in [3.05, 3.63) is 49.6 Å². The predicted molar refractivity (Wildman–Crippen MR) is 68.0 cm³/mol. The summed E-state index contributed by atoms with van der Waals surface area (Å²) in [7, 11) is 0. The third kappa shape index (κ3) is 3.04. The molecule has 19 heavy (non-hydrogen) atoms. The molecule has 0 spiro atoms. The summed E-state index contributed by atoms with van der Waals surface area (Å²) >= 11 is 6.64. The number of H-pyrrole nitrogens is 2. The van der Waals surface area contributed by atoms with Crippen LogP contribution in [0.1, 0.15) is 10.4 Å². The van der Waals surface area contributed by atoms with E-state index in [0.717, 1.165) is 11.8 Å². The Bertz CT molecular complexity index is 755. The van der Waals surface area contributed by atoms with Gasteiger partial charge in [-0.25, -0.2) is 14.7 Å². The molecule has 0 bridgehead atoms. The molecule has 0 radical (unpaired) electrons. The summed E-state index contributed by atoms with van der Waals surface area (Å²) < 4.78 is 0. The number of aromatic amines is 2. The van der Waals surface area contributed by atoms with Gasteiger partial charge in [-0.05, 0) is 18.2 Å². The highest BCUT2D eigenvalue weighted by Gasteiger charge is 2.11. The Labute approximate surface area is 114 Å². The molecular formula is C10H6ClN3O4S. The molecule has 98 valence electrons. The van der Waals surface area contributed by atoms with Crippen LogP contribution in [0.3, 0.4) is 0 Å². The number of carboxylic acids is 1. The van der Waals surface area contributed by atoms with Crippen LogP contribution in [-0.2, 0) is 0 Å². The molecule has 0 atom stereocenters. The van der Waals surface area contributed by atoms with Gasteiger partial charge in [-0.1, -0.05) is 23.4 Å². The smallest absolute Gasteiger partial charge is 0.342 e. The van der Waals surface area contributed by atoms with Gasteiger partial charge < -0.3 is 5.11 Å². The summed E-state index contributed by atoms with van der Waals surface area (Å²) in [5.74, 6) is -1.17. The van der Waals surface area contributed by atoms with Gasteiger partial charge in [0.25, 0.3) is 5.56 Å². The van der Waals surface area contributed by atoms with E-state index in [4.69, 9.17) is 16.7 Å². The zero-order valence-electron chi connectivity index (χ0n) is 9.14. The molecule has 2 aromatic rings. The lowest BCUT2D eigenvalue weighted by atomic mass is 10.2. The van der Waals surface area contributed by atoms with Crippen LogP contribution in [0.4, 0.5) is 0 Å². The molecule has 0 saturated carbocycles. The van der Waals surface area contributed by atoms with E-state index in [9.17, 15) is 14.4 Å². The maximum atomic E-state index is 11.4. The molecule has 0 fully saturated rings. The van der Waals surface area contributed by atoms with Gasteiger partial charge in [-0.2, -0.15) is 5.10 Å². The molecule has 0 aliphatic heterocycles. The van der Waals surface area contributed by atoms with Gasteiger partial charge in [0.2, 0.25) is 0 Å². The van der Waals surface area contributed by atoms with Crippen LogP contribution < -0.4 is 11.2 Å². The van der Waals surface area contributed by atoms with Crippen molar-refractivity contribution in [3.63, 3.8) is 0 Å². The van der Waals surface area contributed by atoms with Crippen molar-refractivity contribution in [1.82, 2.24) is 15.2 Å². The minimum Gasteiger partial charge on any atom is -0.478 e. The lowest BCUT2D eigenvalue weighted by molar-refractivity contribution is 0.0697. The Morgan fingerprint density at radius 3 is 2.74 bits per heavy atom. The fourth-order valence-corrected chi connectivity index (χ4v) is 2.22. The molecule has 0 aliphatic carbocycles. The molecule has 0 unspecified atom stereocenters. The third-order valence-corrected chi connectivity index (χ3v) is 3.35. The summed E-state index contributed by atoms with van der Waals surface area (Å²) in [6.07, 6.45) is 0. The fourth-order valence-electron chi connectivity index (χ4n) is 1.25. The van der Waals surface area contributed by atoms with E-state index < -0.39 is 17.2 Å². The van der Waals surface area contributed by atoms with Crippen LogP contribution in [-0.4, -0.2) is 26.3 Å². The third-order valence-electron chi connectivity index (χ3n) is 2.06. The second-order valence-corrected chi connectivity index (χ2v) is 4.83. The van der Waals surface area contributed by atoms with Gasteiger partial charge >= 0.3 is 11.7 Å². The Morgan fingerprint density at radius 1 is 1.37 bits per heavy atom. The van der Waals surface area contributed by atoms with Crippen LogP contribution in [0.5, 0.6) is 0 Å². The largest absolute Gasteiger partial charge is 0.478 e. The number of hydrogen-bond donors (Lipinski definition) is 3. The number of hydrogen-bond acceptors (Lipinski definition) is 5. The zero-order chi connectivity index (χ0) is 14.0. The first-order valence-corrected chi connectivity index (χ1v) is 6.06. The molecule has 0 amide bonds. The van der Waals surface area contributed by atoms with Gasteiger partial charge in [0.1, 0.15) is 0 Å². The van der Waals surface area contributed by atoms with E-state index in [1.165, 1.54) is 12.1 Å². The molecule has 7 nitrogen and oxygen atoms in total. The molecule has 2 rings (SSSR count). The maximum absolute atomic E-state index is 11.4. The summed E-state index contributed by atoms with van der Waals surface area (Å²) in [5.41, 5.74) is -1.44. The molecule has 1 aromatic heterocycles. The minimum absolute atomic E-state index is 0.00161. The van der Waals surface area contributed by atoms with Crippen molar-refractivity contribution < 1.29 is 9.90 Å².